The summed E-state index contributed by atoms with van der Waals surface area (Å²) < 4.78 is 2.03. The minimum Gasteiger partial charge on any atom is -0.396 e. The molecule has 2 heterocycles. The molecule has 2 aromatic rings. The summed E-state index contributed by atoms with van der Waals surface area (Å²) in [4.78, 5) is 4.26. The van der Waals surface area contributed by atoms with Crippen molar-refractivity contribution >= 4 is 5.82 Å². The number of nitrogen functional groups attached to an aromatic ring is 1. The summed E-state index contributed by atoms with van der Waals surface area (Å²) >= 11 is 0. The molecule has 0 spiro atoms. The van der Waals surface area contributed by atoms with Crippen LogP contribution in [0.1, 0.15) is 18.9 Å². The summed E-state index contributed by atoms with van der Waals surface area (Å²) in [6.45, 7) is 0.231. The summed E-state index contributed by atoms with van der Waals surface area (Å²) in [6.07, 6.45) is 3.61. The second kappa shape index (κ2) is 4.38. The number of rotatable bonds is 4. The molecule has 2 atom stereocenters. The monoisotopic (exact) mass is 245 g/mol. The van der Waals surface area contributed by atoms with Crippen molar-refractivity contribution in [2.45, 2.75) is 18.9 Å². The Balaban J connectivity index is 1.89. The molecule has 6 heteroatoms. The molecule has 0 unspecified atom stereocenters. The van der Waals surface area contributed by atoms with Crippen molar-refractivity contribution in [2.75, 3.05) is 12.3 Å². The average Bonchev–Trinajstić information content (AvgIpc) is 2.95. The van der Waals surface area contributed by atoms with Crippen LogP contribution >= 0.6 is 0 Å². The van der Waals surface area contributed by atoms with Gasteiger partial charge in [-0.2, -0.15) is 0 Å². The Morgan fingerprint density at radius 1 is 1.44 bits per heavy atom. The summed E-state index contributed by atoms with van der Waals surface area (Å²) in [5, 5.41) is 17.0. The van der Waals surface area contributed by atoms with E-state index in [2.05, 4.69) is 15.2 Å². The molecule has 0 bridgehead atoms. The second-order valence-corrected chi connectivity index (χ2v) is 4.58. The van der Waals surface area contributed by atoms with Gasteiger partial charge in [0.1, 0.15) is 17.8 Å². The quantitative estimate of drug-likeness (QED) is 0.834. The smallest absolute Gasteiger partial charge is 0.182 e. The Bertz CT molecular complexity index is 553. The number of anilines is 1. The molecular weight excluding hydrogens is 230 g/mol. The van der Waals surface area contributed by atoms with Gasteiger partial charge < -0.3 is 15.4 Å². The Kier molecular flexibility index (Phi) is 2.71. The van der Waals surface area contributed by atoms with E-state index in [-0.39, 0.29) is 6.61 Å². The van der Waals surface area contributed by atoms with Crippen LogP contribution in [0.3, 0.4) is 0 Å². The molecule has 1 fully saturated rings. The molecular formula is C12H15N5O. The summed E-state index contributed by atoms with van der Waals surface area (Å²) in [6, 6.07) is 5.86. The van der Waals surface area contributed by atoms with Gasteiger partial charge >= 0.3 is 0 Å². The largest absolute Gasteiger partial charge is 0.396 e. The van der Waals surface area contributed by atoms with E-state index < -0.39 is 0 Å². The van der Waals surface area contributed by atoms with Crippen LogP contribution in [0, 0.1) is 5.92 Å². The molecule has 1 aliphatic rings. The lowest BCUT2D eigenvalue weighted by molar-refractivity contribution is 0.277. The van der Waals surface area contributed by atoms with Crippen LogP contribution < -0.4 is 5.73 Å². The van der Waals surface area contributed by atoms with Crippen LogP contribution in [-0.2, 0) is 0 Å². The Hall–Kier alpha value is -1.95. The van der Waals surface area contributed by atoms with Gasteiger partial charge in [0.25, 0.3) is 0 Å². The first-order chi connectivity index (χ1) is 8.79. The summed E-state index contributed by atoms with van der Waals surface area (Å²) in [7, 11) is 0. The molecule has 1 aliphatic carbocycles. The highest BCUT2D eigenvalue weighted by Crippen LogP contribution is 2.46. The summed E-state index contributed by atoms with van der Waals surface area (Å²) in [5.74, 6) is 1.74. The zero-order valence-electron chi connectivity index (χ0n) is 9.90. The lowest BCUT2D eigenvalue weighted by Gasteiger charge is -2.05. The lowest BCUT2D eigenvalue weighted by Crippen LogP contribution is -2.01. The van der Waals surface area contributed by atoms with Crippen LogP contribution in [0.15, 0.2) is 24.5 Å². The van der Waals surface area contributed by atoms with E-state index in [0.29, 0.717) is 17.8 Å². The van der Waals surface area contributed by atoms with Crippen molar-refractivity contribution in [1.82, 2.24) is 19.7 Å². The first-order valence-electron chi connectivity index (χ1n) is 6.03. The van der Waals surface area contributed by atoms with Gasteiger partial charge in [0, 0.05) is 12.6 Å². The number of nitrogens with two attached hydrogens (primary N) is 1. The predicted molar refractivity (Wildman–Crippen MR) is 66.5 cm³/mol. The molecule has 6 nitrogen and oxygen atoms in total. The fourth-order valence-corrected chi connectivity index (χ4v) is 2.29. The Morgan fingerprint density at radius 3 is 3.11 bits per heavy atom. The van der Waals surface area contributed by atoms with Crippen LogP contribution in [0.5, 0.6) is 0 Å². The molecule has 3 rings (SSSR count). The first-order valence-corrected chi connectivity index (χ1v) is 6.03. The number of aliphatic hydroxyl groups excluding tert-OH is 1. The van der Waals surface area contributed by atoms with Gasteiger partial charge in [0.2, 0.25) is 0 Å². The molecule has 3 N–H and O–H groups in total. The maximum atomic E-state index is 8.95. The molecule has 94 valence electrons. The third kappa shape index (κ3) is 1.95. The second-order valence-electron chi connectivity index (χ2n) is 4.58. The van der Waals surface area contributed by atoms with Gasteiger partial charge in [-0.3, -0.25) is 0 Å². The van der Waals surface area contributed by atoms with Gasteiger partial charge in [0.15, 0.2) is 5.82 Å². The molecule has 0 aromatic carbocycles. The number of hydrogen-bond acceptors (Lipinski definition) is 5. The van der Waals surface area contributed by atoms with Gasteiger partial charge in [-0.25, -0.2) is 4.98 Å². The first kappa shape index (κ1) is 11.2. The van der Waals surface area contributed by atoms with E-state index in [4.69, 9.17) is 10.8 Å². The Labute approximate surface area is 104 Å². The van der Waals surface area contributed by atoms with Crippen LogP contribution in [0.25, 0.3) is 11.5 Å². The van der Waals surface area contributed by atoms with E-state index in [0.717, 1.165) is 24.4 Å². The highest BCUT2D eigenvalue weighted by atomic mass is 16.3. The number of pyridine rings is 1. The minimum atomic E-state index is 0.231. The van der Waals surface area contributed by atoms with Gasteiger partial charge in [-0.1, -0.05) is 6.07 Å². The maximum Gasteiger partial charge on any atom is 0.182 e. The van der Waals surface area contributed by atoms with E-state index >= 15 is 0 Å². The molecule has 0 radical (unpaired) electrons. The normalized spacial score (nSPS) is 22.1. The molecule has 0 aliphatic heterocycles. The van der Waals surface area contributed by atoms with Crippen LogP contribution in [0.4, 0.5) is 5.82 Å². The van der Waals surface area contributed by atoms with Crippen molar-refractivity contribution in [1.29, 1.82) is 0 Å². The number of hydrogen-bond donors (Lipinski definition) is 2. The fraction of sp³-hybridized carbons (Fsp3) is 0.417. The topological polar surface area (TPSA) is 89.8 Å². The molecule has 18 heavy (non-hydrogen) atoms. The zero-order chi connectivity index (χ0) is 12.5. The highest BCUT2D eigenvalue weighted by molar-refractivity contribution is 5.52. The van der Waals surface area contributed by atoms with Crippen molar-refractivity contribution < 1.29 is 5.11 Å². The highest BCUT2D eigenvalue weighted by Gasteiger charge is 2.39. The Morgan fingerprint density at radius 2 is 2.33 bits per heavy atom. The third-order valence-electron chi connectivity index (χ3n) is 3.32. The van der Waals surface area contributed by atoms with Gasteiger partial charge in [0.05, 0.1) is 0 Å². The predicted octanol–water partition coefficient (Wildman–Crippen LogP) is 0.866. The van der Waals surface area contributed by atoms with Crippen molar-refractivity contribution in [3.8, 4) is 11.5 Å². The van der Waals surface area contributed by atoms with E-state index in [9.17, 15) is 0 Å². The summed E-state index contributed by atoms with van der Waals surface area (Å²) in [5.41, 5.74) is 6.42. The van der Waals surface area contributed by atoms with E-state index in [1.54, 1.807) is 12.4 Å². The molecule has 0 saturated heterocycles. The SMILES string of the molecule is Nc1cccc(-c2nncn2[C@@H]2C[C@H]2CCO)n1. The molecule has 0 amide bonds. The van der Waals surface area contributed by atoms with E-state index in [1.807, 2.05) is 16.7 Å². The van der Waals surface area contributed by atoms with Crippen molar-refractivity contribution in [3.63, 3.8) is 0 Å². The van der Waals surface area contributed by atoms with Crippen molar-refractivity contribution in [3.05, 3.63) is 24.5 Å². The zero-order valence-corrected chi connectivity index (χ0v) is 9.90. The van der Waals surface area contributed by atoms with Crippen LogP contribution in [0.2, 0.25) is 0 Å². The van der Waals surface area contributed by atoms with Crippen molar-refractivity contribution in [2.24, 2.45) is 5.92 Å². The third-order valence-corrected chi connectivity index (χ3v) is 3.32. The van der Waals surface area contributed by atoms with E-state index in [1.165, 1.54) is 0 Å². The average molecular weight is 245 g/mol. The standard InChI is InChI=1S/C12H15N5O/c13-11-3-1-2-9(15-11)12-16-14-7-17(12)10-6-8(10)4-5-18/h1-3,7-8,10,18H,4-6H2,(H2,13,15)/t8-,10-/m1/s1. The van der Waals surface area contributed by atoms with Gasteiger partial charge in [-0.15, -0.1) is 10.2 Å². The number of nitrogens with zero attached hydrogens (tertiary/aromatic N) is 4. The lowest BCUT2D eigenvalue weighted by atomic mass is 10.3. The number of aromatic nitrogens is 4. The van der Waals surface area contributed by atoms with Gasteiger partial charge in [-0.05, 0) is 30.9 Å². The van der Waals surface area contributed by atoms with Crippen LogP contribution in [-0.4, -0.2) is 31.5 Å². The molecule has 2 aromatic heterocycles. The minimum absolute atomic E-state index is 0.231. The molecule has 1 saturated carbocycles. The number of aliphatic hydroxyl groups is 1. The fourth-order valence-electron chi connectivity index (χ4n) is 2.29. The maximum absolute atomic E-state index is 8.95.